The largest absolute Gasteiger partial charge is 0.366 e. The summed E-state index contributed by atoms with van der Waals surface area (Å²) in [5.74, 6) is -0.0476. The van der Waals surface area contributed by atoms with Gasteiger partial charge in [-0.15, -0.1) is 0 Å². The molecular weight excluding hydrogens is 216 g/mol. The lowest BCUT2D eigenvalue weighted by Gasteiger charge is -2.24. The van der Waals surface area contributed by atoms with Crippen LogP contribution in [0.25, 0.3) is 0 Å². The highest BCUT2D eigenvalue weighted by atomic mass is 16.5. The molecule has 2 atom stereocenters. The fourth-order valence-corrected chi connectivity index (χ4v) is 1.87. The molecule has 1 aliphatic heterocycles. The minimum absolute atomic E-state index is 0.00854. The lowest BCUT2D eigenvalue weighted by atomic mass is 10.1. The van der Waals surface area contributed by atoms with E-state index < -0.39 is 0 Å². The monoisotopic (exact) mass is 234 g/mol. The van der Waals surface area contributed by atoms with E-state index in [0.29, 0.717) is 13.2 Å². The molecule has 1 amide bonds. The Morgan fingerprint density at radius 2 is 2.24 bits per heavy atom. The molecule has 1 heterocycles. The molecule has 17 heavy (non-hydrogen) atoms. The van der Waals surface area contributed by atoms with E-state index in [1.54, 1.807) is 0 Å². The van der Waals surface area contributed by atoms with Gasteiger partial charge >= 0.3 is 0 Å². The van der Waals surface area contributed by atoms with Crippen molar-refractivity contribution >= 4 is 5.91 Å². The summed E-state index contributed by atoms with van der Waals surface area (Å²) in [6.07, 6.45) is -0.366. The van der Waals surface area contributed by atoms with Crippen LogP contribution < -0.4 is 10.6 Å². The molecule has 92 valence electrons. The van der Waals surface area contributed by atoms with Crippen LogP contribution >= 0.6 is 0 Å². The summed E-state index contributed by atoms with van der Waals surface area (Å²) in [5, 5.41) is 6.10. The number of morpholine rings is 1. The molecule has 1 aliphatic rings. The van der Waals surface area contributed by atoms with Gasteiger partial charge in [0.25, 0.3) is 5.91 Å². The number of nitrogens with one attached hydrogen (secondary N) is 2. The zero-order valence-corrected chi connectivity index (χ0v) is 9.98. The van der Waals surface area contributed by atoms with Gasteiger partial charge < -0.3 is 15.4 Å². The second-order valence-electron chi connectivity index (χ2n) is 4.20. The first-order chi connectivity index (χ1) is 8.27. The summed E-state index contributed by atoms with van der Waals surface area (Å²) < 4.78 is 5.40. The molecule has 2 N–H and O–H groups in total. The molecule has 4 heteroatoms. The molecule has 0 aromatic heterocycles. The minimum atomic E-state index is -0.366. The van der Waals surface area contributed by atoms with Crippen LogP contribution in [0, 0.1) is 0 Å². The fraction of sp³-hybridized carbons (Fsp3) is 0.462. The molecule has 1 aromatic rings. The predicted molar refractivity (Wildman–Crippen MR) is 65.6 cm³/mol. The van der Waals surface area contributed by atoms with E-state index in [1.165, 1.54) is 0 Å². The Morgan fingerprint density at radius 1 is 1.47 bits per heavy atom. The maximum atomic E-state index is 11.9. The molecule has 0 bridgehead atoms. The first-order valence-corrected chi connectivity index (χ1v) is 5.95. The highest BCUT2D eigenvalue weighted by Crippen LogP contribution is 2.11. The van der Waals surface area contributed by atoms with Gasteiger partial charge in [0, 0.05) is 13.1 Å². The SMILES string of the molecule is C[C@H](NC(=O)C1CNCCO1)c1ccccc1. The van der Waals surface area contributed by atoms with Crippen molar-refractivity contribution in [3.8, 4) is 0 Å². The molecule has 0 aliphatic carbocycles. The Labute approximate surface area is 101 Å². The van der Waals surface area contributed by atoms with E-state index in [2.05, 4.69) is 10.6 Å². The van der Waals surface area contributed by atoms with Crippen LogP contribution in [0.5, 0.6) is 0 Å². The number of hydrogen-bond donors (Lipinski definition) is 2. The van der Waals surface area contributed by atoms with Gasteiger partial charge in [0.05, 0.1) is 12.6 Å². The standard InChI is InChI=1S/C13H18N2O2/c1-10(11-5-3-2-4-6-11)15-13(16)12-9-14-7-8-17-12/h2-6,10,12,14H,7-9H2,1H3,(H,15,16)/t10-,12?/m0/s1. The van der Waals surface area contributed by atoms with Crippen LogP contribution in [0.4, 0.5) is 0 Å². The Balaban J connectivity index is 1.89. The molecule has 0 radical (unpaired) electrons. The van der Waals surface area contributed by atoms with E-state index in [1.807, 2.05) is 37.3 Å². The van der Waals surface area contributed by atoms with E-state index in [-0.39, 0.29) is 18.1 Å². The summed E-state index contributed by atoms with van der Waals surface area (Å²) in [6.45, 7) is 3.98. The van der Waals surface area contributed by atoms with Crippen LogP contribution in [-0.2, 0) is 9.53 Å². The van der Waals surface area contributed by atoms with Gasteiger partial charge in [0.15, 0.2) is 0 Å². The number of hydrogen-bond acceptors (Lipinski definition) is 3. The minimum Gasteiger partial charge on any atom is -0.366 e. The molecule has 2 rings (SSSR count). The van der Waals surface area contributed by atoms with Crippen molar-refractivity contribution in [2.75, 3.05) is 19.7 Å². The zero-order chi connectivity index (χ0) is 12.1. The van der Waals surface area contributed by atoms with Crippen LogP contribution in [-0.4, -0.2) is 31.7 Å². The lowest BCUT2D eigenvalue weighted by molar-refractivity contribution is -0.134. The van der Waals surface area contributed by atoms with Gasteiger partial charge in [-0.1, -0.05) is 30.3 Å². The van der Waals surface area contributed by atoms with Gasteiger partial charge in [0.2, 0.25) is 0 Å². The normalized spacial score (nSPS) is 21.8. The van der Waals surface area contributed by atoms with E-state index in [4.69, 9.17) is 4.74 Å². The molecule has 1 aromatic carbocycles. The Bertz CT molecular complexity index is 361. The van der Waals surface area contributed by atoms with Crippen molar-refractivity contribution in [1.82, 2.24) is 10.6 Å². The summed E-state index contributed by atoms with van der Waals surface area (Å²) in [6, 6.07) is 9.92. The fourth-order valence-electron chi connectivity index (χ4n) is 1.87. The Kier molecular flexibility index (Phi) is 4.12. The van der Waals surface area contributed by atoms with E-state index in [0.717, 1.165) is 12.1 Å². The lowest BCUT2D eigenvalue weighted by Crippen LogP contribution is -2.48. The predicted octanol–water partition coefficient (Wildman–Crippen LogP) is 0.852. The van der Waals surface area contributed by atoms with Crippen molar-refractivity contribution in [2.45, 2.75) is 19.1 Å². The third-order valence-corrected chi connectivity index (χ3v) is 2.88. The van der Waals surface area contributed by atoms with Gasteiger partial charge in [-0.05, 0) is 12.5 Å². The average Bonchev–Trinajstić information content (AvgIpc) is 2.40. The van der Waals surface area contributed by atoms with Crippen molar-refractivity contribution in [3.63, 3.8) is 0 Å². The smallest absolute Gasteiger partial charge is 0.250 e. The topological polar surface area (TPSA) is 50.4 Å². The Morgan fingerprint density at radius 3 is 2.88 bits per heavy atom. The second kappa shape index (κ2) is 5.80. The summed E-state index contributed by atoms with van der Waals surface area (Å²) in [5.41, 5.74) is 1.10. The number of ether oxygens (including phenoxy) is 1. The number of carbonyl (C=O) groups is 1. The second-order valence-corrected chi connectivity index (χ2v) is 4.20. The van der Waals surface area contributed by atoms with E-state index >= 15 is 0 Å². The van der Waals surface area contributed by atoms with Gasteiger partial charge in [-0.2, -0.15) is 0 Å². The van der Waals surface area contributed by atoms with E-state index in [9.17, 15) is 4.79 Å². The highest BCUT2D eigenvalue weighted by Gasteiger charge is 2.22. The number of carbonyl (C=O) groups excluding carboxylic acids is 1. The van der Waals surface area contributed by atoms with Gasteiger partial charge in [0.1, 0.15) is 6.10 Å². The van der Waals surface area contributed by atoms with Crippen molar-refractivity contribution in [2.24, 2.45) is 0 Å². The molecule has 1 unspecified atom stereocenters. The zero-order valence-electron chi connectivity index (χ0n) is 9.98. The van der Waals surface area contributed by atoms with Crippen molar-refractivity contribution in [3.05, 3.63) is 35.9 Å². The van der Waals surface area contributed by atoms with Crippen LogP contribution in [0.3, 0.4) is 0 Å². The third kappa shape index (κ3) is 3.28. The molecule has 4 nitrogen and oxygen atoms in total. The summed E-state index contributed by atoms with van der Waals surface area (Å²) in [7, 11) is 0. The highest BCUT2D eigenvalue weighted by molar-refractivity contribution is 5.81. The first kappa shape index (κ1) is 12.1. The quantitative estimate of drug-likeness (QED) is 0.815. The van der Waals surface area contributed by atoms with Gasteiger partial charge in [-0.25, -0.2) is 0 Å². The summed E-state index contributed by atoms with van der Waals surface area (Å²) in [4.78, 5) is 11.9. The molecular formula is C13H18N2O2. The number of rotatable bonds is 3. The average molecular weight is 234 g/mol. The third-order valence-electron chi connectivity index (χ3n) is 2.88. The van der Waals surface area contributed by atoms with Gasteiger partial charge in [-0.3, -0.25) is 4.79 Å². The maximum Gasteiger partial charge on any atom is 0.250 e. The van der Waals surface area contributed by atoms with Crippen LogP contribution in [0.2, 0.25) is 0 Å². The molecule has 1 saturated heterocycles. The number of benzene rings is 1. The van der Waals surface area contributed by atoms with Crippen molar-refractivity contribution < 1.29 is 9.53 Å². The molecule has 1 fully saturated rings. The summed E-state index contributed by atoms with van der Waals surface area (Å²) >= 11 is 0. The Hall–Kier alpha value is -1.39. The first-order valence-electron chi connectivity index (χ1n) is 5.95. The number of amides is 1. The van der Waals surface area contributed by atoms with Crippen LogP contribution in [0.1, 0.15) is 18.5 Å². The van der Waals surface area contributed by atoms with Crippen LogP contribution in [0.15, 0.2) is 30.3 Å². The maximum absolute atomic E-state index is 11.9. The molecule has 0 saturated carbocycles. The molecule has 0 spiro atoms. The van der Waals surface area contributed by atoms with Crippen molar-refractivity contribution in [1.29, 1.82) is 0 Å².